The zero-order valence-corrected chi connectivity index (χ0v) is 22.2. The van der Waals surface area contributed by atoms with Gasteiger partial charge in [0.2, 0.25) is 11.8 Å². The second kappa shape index (κ2) is 15.9. The van der Waals surface area contributed by atoms with Crippen molar-refractivity contribution < 1.29 is 19.4 Å². The minimum absolute atomic E-state index is 0.0145. The highest BCUT2D eigenvalue weighted by Crippen LogP contribution is 2.15. The van der Waals surface area contributed by atoms with Gasteiger partial charge in [0.1, 0.15) is 0 Å². The molecule has 12 heteroatoms. The molecule has 12 nitrogen and oxygen atoms in total. The molecular formula is C28H34N6O6. The van der Waals surface area contributed by atoms with Gasteiger partial charge in [-0.15, -0.1) is 0 Å². The molecule has 0 spiro atoms. The maximum absolute atomic E-state index is 12.0. The normalized spacial score (nSPS) is 14.4. The highest BCUT2D eigenvalue weighted by molar-refractivity contribution is 5.92. The van der Waals surface area contributed by atoms with Crippen LogP contribution in [0.25, 0.3) is 12.2 Å². The molecule has 1 fully saturated rings. The highest BCUT2D eigenvalue weighted by atomic mass is 16.6. The van der Waals surface area contributed by atoms with Gasteiger partial charge in [-0.2, -0.15) is 0 Å². The van der Waals surface area contributed by atoms with Crippen molar-refractivity contribution in [3.05, 3.63) is 92.0 Å². The largest absolute Gasteiger partial charge is 0.353 e. The van der Waals surface area contributed by atoms with E-state index in [-0.39, 0.29) is 23.2 Å². The molecule has 2 aromatic carbocycles. The first kappa shape index (κ1) is 30.1. The van der Waals surface area contributed by atoms with E-state index < -0.39 is 9.85 Å². The molecule has 0 unspecified atom stereocenters. The van der Waals surface area contributed by atoms with Gasteiger partial charge in [-0.05, 0) is 49.2 Å². The van der Waals surface area contributed by atoms with Crippen LogP contribution in [-0.2, 0) is 9.59 Å². The van der Waals surface area contributed by atoms with Gasteiger partial charge in [0.15, 0.2) is 0 Å². The molecule has 0 saturated carbocycles. The molecule has 0 aromatic heterocycles. The molecule has 212 valence electrons. The van der Waals surface area contributed by atoms with Gasteiger partial charge in [0.25, 0.3) is 11.4 Å². The summed E-state index contributed by atoms with van der Waals surface area (Å²) < 4.78 is 0. The first-order valence-corrected chi connectivity index (χ1v) is 13.2. The lowest BCUT2D eigenvalue weighted by molar-refractivity contribution is -0.385. The Morgan fingerprint density at radius 2 is 1.12 bits per heavy atom. The van der Waals surface area contributed by atoms with Crippen molar-refractivity contribution in [1.82, 2.24) is 20.4 Å². The third-order valence-corrected chi connectivity index (χ3v) is 6.38. The summed E-state index contributed by atoms with van der Waals surface area (Å²) in [6.07, 6.45) is 7.54. The zero-order chi connectivity index (χ0) is 28.7. The number of hydrogen-bond acceptors (Lipinski definition) is 8. The van der Waals surface area contributed by atoms with E-state index in [1.165, 1.54) is 36.4 Å². The van der Waals surface area contributed by atoms with E-state index in [1.54, 1.807) is 36.4 Å². The van der Waals surface area contributed by atoms with E-state index in [1.807, 2.05) is 0 Å². The minimum Gasteiger partial charge on any atom is -0.353 e. The maximum atomic E-state index is 12.0. The van der Waals surface area contributed by atoms with Crippen molar-refractivity contribution in [1.29, 1.82) is 0 Å². The van der Waals surface area contributed by atoms with E-state index in [9.17, 15) is 29.8 Å². The summed E-state index contributed by atoms with van der Waals surface area (Å²) in [6, 6.07) is 12.2. The molecular weight excluding hydrogens is 516 g/mol. The third-order valence-electron chi connectivity index (χ3n) is 6.38. The number of non-ortho nitro benzene ring substituents is 2. The lowest BCUT2D eigenvalue weighted by Gasteiger charge is -2.34. The summed E-state index contributed by atoms with van der Waals surface area (Å²) >= 11 is 0. The van der Waals surface area contributed by atoms with Crippen molar-refractivity contribution in [2.45, 2.75) is 12.8 Å². The van der Waals surface area contributed by atoms with Crippen LogP contribution in [0.5, 0.6) is 0 Å². The molecule has 1 aliphatic rings. The molecule has 1 heterocycles. The Morgan fingerprint density at radius 1 is 0.725 bits per heavy atom. The summed E-state index contributed by atoms with van der Waals surface area (Å²) in [7, 11) is 0. The van der Waals surface area contributed by atoms with E-state index in [0.717, 1.165) is 52.1 Å². The lowest BCUT2D eigenvalue weighted by atomic mass is 10.2. The molecule has 0 aliphatic carbocycles. The average Bonchev–Trinajstić information content (AvgIpc) is 2.96. The Labute approximate surface area is 232 Å². The Kier molecular flexibility index (Phi) is 11.9. The molecule has 1 saturated heterocycles. The number of rotatable bonds is 14. The number of carbonyl (C=O) groups is 2. The van der Waals surface area contributed by atoms with Crippen LogP contribution in [0.2, 0.25) is 0 Å². The summed E-state index contributed by atoms with van der Waals surface area (Å²) in [5.74, 6) is -0.467. The molecule has 2 amide bonds. The van der Waals surface area contributed by atoms with Crippen LogP contribution >= 0.6 is 0 Å². The summed E-state index contributed by atoms with van der Waals surface area (Å²) in [6.45, 7) is 6.64. The SMILES string of the molecule is O=C(C=Cc1cccc([N+](=O)[O-])c1)NCCCN1CCN(CCCNC(=O)C=Cc2cccc([N+](=O)[O-])c2)CC1. The van der Waals surface area contributed by atoms with Gasteiger partial charge in [-0.25, -0.2) is 0 Å². The molecule has 2 aromatic rings. The number of amides is 2. The van der Waals surface area contributed by atoms with Gasteiger partial charge < -0.3 is 20.4 Å². The van der Waals surface area contributed by atoms with E-state index in [2.05, 4.69) is 20.4 Å². The third kappa shape index (κ3) is 10.8. The predicted molar refractivity (Wildman–Crippen MR) is 152 cm³/mol. The summed E-state index contributed by atoms with van der Waals surface area (Å²) in [5, 5.41) is 27.4. The molecule has 1 aliphatic heterocycles. The van der Waals surface area contributed by atoms with Crippen LogP contribution in [0.1, 0.15) is 24.0 Å². The number of hydrogen-bond donors (Lipinski definition) is 2. The fourth-order valence-electron chi connectivity index (χ4n) is 4.21. The van der Waals surface area contributed by atoms with Gasteiger partial charge in [-0.3, -0.25) is 29.8 Å². The predicted octanol–water partition coefficient (Wildman–Crippen LogP) is 2.86. The summed E-state index contributed by atoms with van der Waals surface area (Å²) in [4.78, 5) is 49.5. The smallest absolute Gasteiger partial charge is 0.270 e. The number of nitro groups is 2. The molecule has 0 atom stereocenters. The highest BCUT2D eigenvalue weighted by Gasteiger charge is 2.16. The van der Waals surface area contributed by atoms with Crippen molar-refractivity contribution in [3.8, 4) is 0 Å². The topological polar surface area (TPSA) is 151 Å². The van der Waals surface area contributed by atoms with Crippen molar-refractivity contribution in [2.75, 3.05) is 52.4 Å². The van der Waals surface area contributed by atoms with E-state index in [4.69, 9.17) is 0 Å². The second-order valence-corrected chi connectivity index (χ2v) is 9.34. The van der Waals surface area contributed by atoms with Crippen LogP contribution < -0.4 is 10.6 Å². The second-order valence-electron chi connectivity index (χ2n) is 9.34. The van der Waals surface area contributed by atoms with Crippen LogP contribution in [-0.4, -0.2) is 83.8 Å². The number of piperazine rings is 1. The molecule has 0 bridgehead atoms. The fraction of sp³-hybridized carbons (Fsp3) is 0.357. The fourth-order valence-corrected chi connectivity index (χ4v) is 4.21. The number of carbonyl (C=O) groups excluding carboxylic acids is 2. The molecule has 40 heavy (non-hydrogen) atoms. The Bertz CT molecular complexity index is 1140. The first-order chi connectivity index (χ1) is 19.3. The Hall–Kier alpha value is -4.42. The molecule has 0 radical (unpaired) electrons. The standard InChI is InChI=1S/C28H34N6O6/c35-27(11-9-23-5-1-7-25(21-23)33(37)38)29-13-3-15-31-17-19-32(20-18-31)16-4-14-30-28(36)12-10-24-6-2-8-26(22-24)34(39)40/h1-2,5-12,21-22H,3-4,13-20H2,(H,29,35)(H,30,36). The molecule has 3 rings (SSSR count). The van der Waals surface area contributed by atoms with Gasteiger partial charge in [0, 0.05) is 75.7 Å². The number of benzene rings is 2. The van der Waals surface area contributed by atoms with E-state index >= 15 is 0 Å². The Balaban J connectivity index is 1.23. The zero-order valence-electron chi connectivity index (χ0n) is 22.2. The maximum Gasteiger partial charge on any atom is 0.270 e. The summed E-state index contributed by atoms with van der Waals surface area (Å²) in [5.41, 5.74) is 1.16. The number of nitrogens with zero attached hydrogens (tertiary/aromatic N) is 4. The lowest BCUT2D eigenvalue weighted by Crippen LogP contribution is -2.47. The van der Waals surface area contributed by atoms with Gasteiger partial charge in [-0.1, -0.05) is 24.3 Å². The van der Waals surface area contributed by atoms with Gasteiger partial charge >= 0.3 is 0 Å². The molecule has 2 N–H and O–H groups in total. The number of nitro benzene ring substituents is 2. The van der Waals surface area contributed by atoms with E-state index in [0.29, 0.717) is 24.2 Å². The Morgan fingerprint density at radius 3 is 1.50 bits per heavy atom. The van der Waals surface area contributed by atoms with Crippen molar-refractivity contribution in [3.63, 3.8) is 0 Å². The monoisotopic (exact) mass is 550 g/mol. The quantitative estimate of drug-likeness (QED) is 0.158. The van der Waals surface area contributed by atoms with Crippen LogP contribution in [0, 0.1) is 20.2 Å². The van der Waals surface area contributed by atoms with Gasteiger partial charge in [0.05, 0.1) is 9.85 Å². The van der Waals surface area contributed by atoms with Crippen molar-refractivity contribution >= 4 is 35.3 Å². The first-order valence-electron chi connectivity index (χ1n) is 13.2. The van der Waals surface area contributed by atoms with Crippen molar-refractivity contribution in [2.24, 2.45) is 0 Å². The average molecular weight is 551 g/mol. The minimum atomic E-state index is -0.468. The van der Waals surface area contributed by atoms with Crippen LogP contribution in [0.15, 0.2) is 60.7 Å². The number of nitrogens with one attached hydrogen (secondary N) is 2. The van der Waals surface area contributed by atoms with Crippen LogP contribution in [0.4, 0.5) is 11.4 Å². The van der Waals surface area contributed by atoms with Crippen LogP contribution in [0.3, 0.4) is 0 Å².